The van der Waals surface area contributed by atoms with Gasteiger partial charge in [0.05, 0.1) is 32.2 Å². The Morgan fingerprint density at radius 2 is 1.86 bits per heavy atom. The van der Waals surface area contributed by atoms with Gasteiger partial charge < -0.3 is 29.1 Å². The average molecular weight is 579 g/mol. The molecule has 1 N–H and O–H groups in total. The van der Waals surface area contributed by atoms with E-state index in [0.29, 0.717) is 36.4 Å². The number of methoxy groups -OCH3 is 2. The van der Waals surface area contributed by atoms with Crippen LogP contribution in [0.2, 0.25) is 0 Å². The van der Waals surface area contributed by atoms with E-state index in [0.717, 1.165) is 35.2 Å². The highest BCUT2D eigenvalue weighted by Crippen LogP contribution is 2.50. The van der Waals surface area contributed by atoms with Gasteiger partial charge in [0.1, 0.15) is 12.2 Å². The maximum Gasteiger partial charge on any atom is 0.308 e. The van der Waals surface area contributed by atoms with Crippen LogP contribution in [0.1, 0.15) is 74.8 Å². The van der Waals surface area contributed by atoms with Gasteiger partial charge in [0.25, 0.3) is 5.91 Å². The van der Waals surface area contributed by atoms with Crippen LogP contribution in [0.25, 0.3) is 0 Å². The van der Waals surface area contributed by atoms with E-state index in [1.54, 1.807) is 19.1 Å². The molecule has 0 aliphatic carbocycles. The molecule has 0 aromatic heterocycles. The summed E-state index contributed by atoms with van der Waals surface area (Å²) in [6, 6.07) is 9.70. The number of rotatable bonds is 6. The lowest BCUT2D eigenvalue weighted by Crippen LogP contribution is -2.54. The monoisotopic (exact) mass is 578 g/mol. The van der Waals surface area contributed by atoms with Crippen molar-refractivity contribution in [3.05, 3.63) is 52.6 Å². The molecule has 0 unspecified atom stereocenters. The van der Waals surface area contributed by atoms with Crippen LogP contribution in [0.4, 0.5) is 5.69 Å². The number of aliphatic carboxylic acids is 1. The predicted molar refractivity (Wildman–Crippen MR) is 158 cm³/mol. The van der Waals surface area contributed by atoms with Crippen molar-refractivity contribution in [3.63, 3.8) is 0 Å². The SMILES string of the molecule is COc1cccc([C@H]2O[C@H](CC(=O)N3CCC[C@@H](C(=O)O)C3)C(=O)N3c4c(cc(C)cc42)CC[C@H]3C(C)(C)C)c1OC. The van der Waals surface area contributed by atoms with E-state index in [1.165, 1.54) is 0 Å². The summed E-state index contributed by atoms with van der Waals surface area (Å²) in [7, 11) is 3.15. The lowest BCUT2D eigenvalue weighted by molar-refractivity contribution is -0.149. The van der Waals surface area contributed by atoms with E-state index in [1.807, 2.05) is 30.0 Å². The van der Waals surface area contributed by atoms with Crippen LogP contribution in [-0.2, 0) is 25.5 Å². The highest BCUT2D eigenvalue weighted by atomic mass is 16.5. The van der Waals surface area contributed by atoms with E-state index in [4.69, 9.17) is 14.2 Å². The molecule has 0 spiro atoms. The Hall–Kier alpha value is -3.59. The second-order valence-electron chi connectivity index (χ2n) is 12.8. The highest BCUT2D eigenvalue weighted by Gasteiger charge is 2.47. The van der Waals surface area contributed by atoms with Crippen molar-refractivity contribution in [2.75, 3.05) is 32.2 Å². The van der Waals surface area contributed by atoms with Gasteiger partial charge in [-0.15, -0.1) is 0 Å². The number of carboxylic acid groups (broad SMARTS) is 1. The van der Waals surface area contributed by atoms with E-state index in [2.05, 4.69) is 32.9 Å². The van der Waals surface area contributed by atoms with Crippen molar-refractivity contribution in [2.45, 2.75) is 78.0 Å². The molecular formula is C33H42N2O7. The number of hydrogen-bond donors (Lipinski definition) is 1. The molecule has 0 radical (unpaired) electrons. The lowest BCUT2D eigenvalue weighted by Gasteiger charge is -2.45. The fraction of sp³-hybridized carbons (Fsp3) is 0.545. The summed E-state index contributed by atoms with van der Waals surface area (Å²) in [4.78, 5) is 43.4. The quantitative estimate of drug-likeness (QED) is 0.519. The zero-order chi connectivity index (χ0) is 30.3. The minimum Gasteiger partial charge on any atom is -0.493 e. The third kappa shape index (κ3) is 5.46. The normalized spacial score (nSPS) is 24.1. The molecule has 2 aromatic rings. The topological polar surface area (TPSA) is 106 Å². The molecule has 5 rings (SSSR count). The summed E-state index contributed by atoms with van der Waals surface area (Å²) < 4.78 is 18.2. The number of aryl methyl sites for hydroxylation is 2. The average Bonchev–Trinajstić information content (AvgIpc) is 3.07. The first-order chi connectivity index (χ1) is 19.9. The maximum atomic E-state index is 14.6. The Kier molecular flexibility index (Phi) is 8.25. The van der Waals surface area contributed by atoms with Crippen molar-refractivity contribution in [1.29, 1.82) is 0 Å². The van der Waals surface area contributed by atoms with Gasteiger partial charge in [-0.05, 0) is 49.7 Å². The molecular weight excluding hydrogens is 536 g/mol. The van der Waals surface area contributed by atoms with E-state index >= 15 is 0 Å². The van der Waals surface area contributed by atoms with Gasteiger partial charge in [-0.3, -0.25) is 14.4 Å². The Labute approximate surface area is 247 Å². The smallest absolute Gasteiger partial charge is 0.308 e. The van der Waals surface area contributed by atoms with Gasteiger partial charge in [-0.2, -0.15) is 0 Å². The first-order valence-electron chi connectivity index (χ1n) is 14.8. The van der Waals surface area contributed by atoms with Crippen LogP contribution in [0, 0.1) is 18.3 Å². The molecule has 0 saturated carbocycles. The minimum atomic E-state index is -1.08. The van der Waals surface area contributed by atoms with Crippen LogP contribution in [0.3, 0.4) is 0 Å². The number of anilines is 1. The zero-order valence-corrected chi connectivity index (χ0v) is 25.4. The van der Waals surface area contributed by atoms with Gasteiger partial charge in [0, 0.05) is 30.3 Å². The summed E-state index contributed by atoms with van der Waals surface area (Å²) >= 11 is 0. The molecule has 4 atom stereocenters. The van der Waals surface area contributed by atoms with Crippen molar-refractivity contribution in [1.82, 2.24) is 4.90 Å². The molecule has 2 aromatic carbocycles. The predicted octanol–water partition coefficient (Wildman–Crippen LogP) is 4.91. The number of carbonyl (C=O) groups excluding carboxylic acids is 2. The largest absolute Gasteiger partial charge is 0.493 e. The summed E-state index contributed by atoms with van der Waals surface area (Å²) in [5.74, 6) is -0.980. The Bertz CT molecular complexity index is 1380. The fourth-order valence-corrected chi connectivity index (χ4v) is 6.87. The molecule has 1 fully saturated rings. The number of amides is 2. The van der Waals surface area contributed by atoms with Crippen molar-refractivity contribution < 1.29 is 33.7 Å². The summed E-state index contributed by atoms with van der Waals surface area (Å²) in [5, 5.41) is 9.57. The number of likely N-dealkylation sites (tertiary alicyclic amines) is 1. The first-order valence-corrected chi connectivity index (χ1v) is 14.8. The van der Waals surface area contributed by atoms with E-state index < -0.39 is 24.1 Å². The Balaban J connectivity index is 1.64. The molecule has 226 valence electrons. The zero-order valence-electron chi connectivity index (χ0n) is 25.4. The molecule has 3 aliphatic heterocycles. The van der Waals surface area contributed by atoms with Crippen LogP contribution >= 0.6 is 0 Å². The van der Waals surface area contributed by atoms with E-state index in [-0.39, 0.29) is 36.2 Å². The second-order valence-corrected chi connectivity index (χ2v) is 12.8. The number of carboxylic acids is 1. The summed E-state index contributed by atoms with van der Waals surface area (Å²) in [6.45, 7) is 9.06. The van der Waals surface area contributed by atoms with Crippen LogP contribution in [0.5, 0.6) is 11.5 Å². The number of nitrogens with zero attached hydrogens (tertiary/aromatic N) is 2. The highest BCUT2D eigenvalue weighted by molar-refractivity contribution is 6.02. The van der Waals surface area contributed by atoms with Crippen LogP contribution < -0.4 is 14.4 Å². The molecule has 42 heavy (non-hydrogen) atoms. The number of benzene rings is 2. The maximum absolute atomic E-state index is 14.6. The number of hydrogen-bond acceptors (Lipinski definition) is 6. The number of para-hydroxylation sites is 1. The third-order valence-electron chi connectivity index (χ3n) is 8.90. The fourth-order valence-electron chi connectivity index (χ4n) is 6.87. The number of carbonyl (C=O) groups is 3. The van der Waals surface area contributed by atoms with Gasteiger partial charge in [-0.25, -0.2) is 0 Å². The lowest BCUT2D eigenvalue weighted by atomic mass is 9.77. The van der Waals surface area contributed by atoms with Gasteiger partial charge >= 0.3 is 5.97 Å². The second kappa shape index (κ2) is 11.6. The van der Waals surface area contributed by atoms with Crippen molar-refractivity contribution in [2.24, 2.45) is 11.3 Å². The molecule has 3 aliphatic rings. The Morgan fingerprint density at radius 3 is 2.52 bits per heavy atom. The summed E-state index contributed by atoms with van der Waals surface area (Å²) in [6.07, 6.45) is 0.807. The molecule has 9 heteroatoms. The molecule has 0 bridgehead atoms. The standard InChI is InChI=1S/C33H42N2O7/c1-19-15-20-12-13-26(33(2,3)4)35-28(20)23(16-19)29(22-10-7-11-24(40-5)30(22)41-6)42-25(31(35)37)17-27(36)34-14-8-9-21(18-34)32(38)39/h7,10-11,15-16,21,25-26,29H,8-9,12-14,17-18H2,1-6H3,(H,38,39)/t21-,25-,26+,29-/m1/s1. The van der Waals surface area contributed by atoms with Crippen molar-refractivity contribution >= 4 is 23.5 Å². The number of piperidine rings is 1. The van der Waals surface area contributed by atoms with Crippen molar-refractivity contribution in [3.8, 4) is 11.5 Å². The van der Waals surface area contributed by atoms with Crippen LogP contribution in [0.15, 0.2) is 30.3 Å². The Morgan fingerprint density at radius 1 is 1.10 bits per heavy atom. The molecule has 2 amide bonds. The summed E-state index contributed by atoms with van der Waals surface area (Å²) in [5.41, 5.74) is 4.34. The molecule has 1 saturated heterocycles. The van der Waals surface area contributed by atoms with Gasteiger partial charge in [-0.1, -0.05) is 50.6 Å². The minimum absolute atomic E-state index is 0.0995. The van der Waals surface area contributed by atoms with Gasteiger partial charge in [0.15, 0.2) is 11.5 Å². The van der Waals surface area contributed by atoms with E-state index in [9.17, 15) is 19.5 Å². The first kappa shape index (κ1) is 29.9. The van der Waals surface area contributed by atoms with Gasteiger partial charge in [0.2, 0.25) is 5.91 Å². The molecule has 9 nitrogen and oxygen atoms in total. The van der Waals surface area contributed by atoms with Crippen LogP contribution in [-0.4, -0.2) is 67.2 Å². The third-order valence-corrected chi connectivity index (χ3v) is 8.90. The number of ether oxygens (including phenoxy) is 3. The molecule has 3 heterocycles.